The van der Waals surface area contributed by atoms with Gasteiger partial charge in [0, 0.05) is 31.4 Å². The second-order valence-corrected chi connectivity index (χ2v) is 5.27. The number of thiazole rings is 1. The molecule has 0 bridgehead atoms. The maximum atomic E-state index is 4.41. The van der Waals surface area contributed by atoms with E-state index < -0.39 is 0 Å². The Morgan fingerprint density at radius 3 is 2.50 bits per heavy atom. The van der Waals surface area contributed by atoms with Crippen molar-refractivity contribution >= 4 is 17.0 Å². The van der Waals surface area contributed by atoms with Gasteiger partial charge in [-0.25, -0.2) is 4.98 Å². The molecule has 0 aliphatic carbocycles. The van der Waals surface area contributed by atoms with Crippen molar-refractivity contribution in [3.8, 4) is 0 Å². The lowest BCUT2D eigenvalue weighted by atomic mass is 10.1. The molecular formula is C14H19N3S. The van der Waals surface area contributed by atoms with Gasteiger partial charge in [-0.15, -0.1) is 11.3 Å². The van der Waals surface area contributed by atoms with Crippen LogP contribution in [0, 0.1) is 0 Å². The summed E-state index contributed by atoms with van der Waals surface area (Å²) in [6, 6.07) is 8.83. The van der Waals surface area contributed by atoms with Crippen LogP contribution in [0.4, 0.5) is 5.69 Å². The standard InChI is InChI=1S/C14H19N3S/c1-4-15-13(14-16-9-10-18-14)11-5-7-12(8-6-11)17(2)3/h5-10,13,15H,4H2,1-3H3. The number of benzene rings is 1. The van der Waals surface area contributed by atoms with Crippen LogP contribution in [0.2, 0.25) is 0 Å². The van der Waals surface area contributed by atoms with Gasteiger partial charge in [0.25, 0.3) is 0 Å². The smallest absolute Gasteiger partial charge is 0.114 e. The Morgan fingerprint density at radius 2 is 2.00 bits per heavy atom. The van der Waals surface area contributed by atoms with Gasteiger partial charge in [-0.3, -0.25) is 0 Å². The van der Waals surface area contributed by atoms with Crippen molar-refractivity contribution in [3.05, 3.63) is 46.4 Å². The van der Waals surface area contributed by atoms with Gasteiger partial charge in [-0.2, -0.15) is 0 Å². The van der Waals surface area contributed by atoms with Gasteiger partial charge in [0.2, 0.25) is 0 Å². The summed E-state index contributed by atoms with van der Waals surface area (Å²) in [5, 5.41) is 6.63. The van der Waals surface area contributed by atoms with Crippen LogP contribution in [-0.4, -0.2) is 25.6 Å². The van der Waals surface area contributed by atoms with Crippen molar-refractivity contribution in [2.75, 3.05) is 25.5 Å². The highest BCUT2D eigenvalue weighted by molar-refractivity contribution is 7.09. The van der Waals surface area contributed by atoms with Crippen molar-refractivity contribution in [3.63, 3.8) is 0 Å². The van der Waals surface area contributed by atoms with Gasteiger partial charge < -0.3 is 10.2 Å². The second-order valence-electron chi connectivity index (χ2n) is 4.35. The van der Waals surface area contributed by atoms with E-state index >= 15 is 0 Å². The highest BCUT2D eigenvalue weighted by Gasteiger charge is 2.15. The van der Waals surface area contributed by atoms with Crippen molar-refractivity contribution in [1.82, 2.24) is 10.3 Å². The molecule has 1 atom stereocenters. The van der Waals surface area contributed by atoms with E-state index in [0.29, 0.717) is 0 Å². The first-order valence-electron chi connectivity index (χ1n) is 6.12. The van der Waals surface area contributed by atoms with Crippen LogP contribution in [0.3, 0.4) is 0 Å². The van der Waals surface area contributed by atoms with Gasteiger partial charge in [0.05, 0.1) is 6.04 Å². The van der Waals surface area contributed by atoms with Gasteiger partial charge in [0.15, 0.2) is 0 Å². The largest absolute Gasteiger partial charge is 0.378 e. The minimum Gasteiger partial charge on any atom is -0.378 e. The predicted molar refractivity (Wildman–Crippen MR) is 78.4 cm³/mol. The first kappa shape index (κ1) is 13.1. The van der Waals surface area contributed by atoms with E-state index in [1.165, 1.54) is 11.3 Å². The molecule has 1 aromatic heterocycles. The van der Waals surface area contributed by atoms with E-state index in [0.717, 1.165) is 11.6 Å². The van der Waals surface area contributed by atoms with E-state index in [2.05, 4.69) is 60.5 Å². The fourth-order valence-corrected chi connectivity index (χ4v) is 2.63. The van der Waals surface area contributed by atoms with E-state index in [-0.39, 0.29) is 6.04 Å². The van der Waals surface area contributed by atoms with E-state index in [4.69, 9.17) is 0 Å². The SMILES string of the molecule is CCNC(c1ccc(N(C)C)cc1)c1nccs1. The molecule has 3 nitrogen and oxygen atoms in total. The number of aromatic nitrogens is 1. The molecule has 2 aromatic rings. The molecule has 0 aliphatic heterocycles. The number of nitrogens with zero attached hydrogens (tertiary/aromatic N) is 2. The van der Waals surface area contributed by atoms with Crippen LogP contribution in [-0.2, 0) is 0 Å². The third kappa shape index (κ3) is 2.89. The molecule has 1 N–H and O–H groups in total. The second kappa shape index (κ2) is 5.98. The normalized spacial score (nSPS) is 12.4. The number of rotatable bonds is 5. The summed E-state index contributed by atoms with van der Waals surface area (Å²) in [6.45, 7) is 3.05. The van der Waals surface area contributed by atoms with Gasteiger partial charge in [0.1, 0.15) is 5.01 Å². The zero-order valence-corrected chi connectivity index (χ0v) is 11.9. The monoisotopic (exact) mass is 261 g/mol. The first-order valence-corrected chi connectivity index (χ1v) is 7.00. The summed E-state index contributed by atoms with van der Waals surface area (Å²) in [5.74, 6) is 0. The Morgan fingerprint density at radius 1 is 1.28 bits per heavy atom. The first-order chi connectivity index (χ1) is 8.72. The van der Waals surface area contributed by atoms with Gasteiger partial charge in [-0.05, 0) is 24.2 Å². The summed E-state index contributed by atoms with van der Waals surface area (Å²) in [5.41, 5.74) is 2.48. The lowest BCUT2D eigenvalue weighted by Gasteiger charge is -2.18. The average molecular weight is 261 g/mol. The lowest BCUT2D eigenvalue weighted by molar-refractivity contribution is 0.627. The third-order valence-electron chi connectivity index (χ3n) is 2.85. The molecule has 18 heavy (non-hydrogen) atoms. The molecule has 0 aliphatic rings. The van der Waals surface area contributed by atoms with Gasteiger partial charge in [-0.1, -0.05) is 19.1 Å². The molecule has 0 saturated carbocycles. The average Bonchev–Trinajstić information content (AvgIpc) is 2.90. The summed E-state index contributed by atoms with van der Waals surface area (Å²) in [4.78, 5) is 6.52. The quantitative estimate of drug-likeness (QED) is 0.897. The fraction of sp³-hybridized carbons (Fsp3) is 0.357. The summed E-state index contributed by atoms with van der Waals surface area (Å²) in [6.07, 6.45) is 1.86. The van der Waals surface area contributed by atoms with Crippen molar-refractivity contribution < 1.29 is 0 Å². The summed E-state index contributed by atoms with van der Waals surface area (Å²) >= 11 is 1.69. The van der Waals surface area contributed by atoms with Crippen LogP contribution in [0.15, 0.2) is 35.8 Å². The van der Waals surface area contributed by atoms with Gasteiger partial charge >= 0.3 is 0 Å². The highest BCUT2D eigenvalue weighted by Crippen LogP contribution is 2.25. The van der Waals surface area contributed by atoms with Crippen LogP contribution in [0.1, 0.15) is 23.5 Å². The van der Waals surface area contributed by atoms with Crippen LogP contribution in [0.25, 0.3) is 0 Å². The molecule has 96 valence electrons. The van der Waals surface area contributed by atoms with E-state index in [1.807, 2.05) is 11.6 Å². The summed E-state index contributed by atoms with van der Waals surface area (Å²) < 4.78 is 0. The lowest BCUT2D eigenvalue weighted by Crippen LogP contribution is -2.21. The molecule has 1 heterocycles. The number of anilines is 1. The van der Waals surface area contributed by atoms with Crippen molar-refractivity contribution in [2.45, 2.75) is 13.0 Å². The molecular weight excluding hydrogens is 242 g/mol. The molecule has 1 unspecified atom stereocenters. The van der Waals surface area contributed by atoms with E-state index in [9.17, 15) is 0 Å². The Kier molecular flexibility index (Phi) is 4.33. The Labute approximate surface area is 112 Å². The topological polar surface area (TPSA) is 28.2 Å². The van der Waals surface area contributed by atoms with Crippen LogP contribution < -0.4 is 10.2 Å². The zero-order chi connectivity index (χ0) is 13.0. The molecule has 1 aromatic carbocycles. The zero-order valence-electron chi connectivity index (χ0n) is 11.1. The number of nitrogens with one attached hydrogen (secondary N) is 1. The molecule has 0 fully saturated rings. The predicted octanol–water partition coefficient (Wildman–Crippen LogP) is 2.91. The minimum atomic E-state index is 0.200. The highest BCUT2D eigenvalue weighted by atomic mass is 32.1. The molecule has 0 saturated heterocycles. The molecule has 0 spiro atoms. The Hall–Kier alpha value is -1.39. The number of hydrogen-bond acceptors (Lipinski definition) is 4. The van der Waals surface area contributed by atoms with Crippen molar-refractivity contribution in [1.29, 1.82) is 0 Å². The molecule has 0 radical (unpaired) electrons. The minimum absolute atomic E-state index is 0.200. The summed E-state index contributed by atoms with van der Waals surface area (Å²) in [7, 11) is 4.11. The Balaban J connectivity index is 2.26. The molecule has 4 heteroatoms. The van der Waals surface area contributed by atoms with E-state index in [1.54, 1.807) is 11.3 Å². The van der Waals surface area contributed by atoms with Crippen LogP contribution >= 0.6 is 11.3 Å². The van der Waals surface area contributed by atoms with Crippen molar-refractivity contribution in [2.24, 2.45) is 0 Å². The molecule has 0 amide bonds. The fourth-order valence-electron chi connectivity index (χ4n) is 1.89. The molecule has 2 rings (SSSR count). The maximum absolute atomic E-state index is 4.41. The Bertz CT molecular complexity index is 462. The van der Waals surface area contributed by atoms with Crippen LogP contribution in [0.5, 0.6) is 0 Å². The maximum Gasteiger partial charge on any atom is 0.114 e. The number of hydrogen-bond donors (Lipinski definition) is 1. The third-order valence-corrected chi connectivity index (χ3v) is 3.69.